The van der Waals surface area contributed by atoms with Crippen molar-refractivity contribution in [1.29, 1.82) is 0 Å². The van der Waals surface area contributed by atoms with Gasteiger partial charge in [0.05, 0.1) is 31.5 Å². The number of hydrazone groups is 1. The molecule has 0 aliphatic heterocycles. The van der Waals surface area contributed by atoms with Crippen LogP contribution in [0.15, 0.2) is 22.6 Å². The number of hydrogen-bond acceptors (Lipinski definition) is 7. The van der Waals surface area contributed by atoms with Crippen LogP contribution in [0.3, 0.4) is 0 Å². The zero-order valence-corrected chi connectivity index (χ0v) is 16.6. The summed E-state index contributed by atoms with van der Waals surface area (Å²) in [6.45, 7) is 4.86. The van der Waals surface area contributed by atoms with Crippen molar-refractivity contribution in [1.82, 2.24) is 4.98 Å². The minimum Gasteiger partial charge on any atom is -0.494 e. The molecule has 0 fully saturated rings. The molecular formula is C20H25N3O3S. The number of hydrogen-bond donors (Lipinski definition) is 1. The first-order valence-corrected chi connectivity index (χ1v) is 10.3. The van der Waals surface area contributed by atoms with Gasteiger partial charge in [0, 0.05) is 5.38 Å². The van der Waals surface area contributed by atoms with Gasteiger partial charge in [0.1, 0.15) is 5.75 Å². The molecule has 0 atom stereocenters. The number of thiazole rings is 1. The summed E-state index contributed by atoms with van der Waals surface area (Å²) in [6.07, 6.45) is 6.53. The van der Waals surface area contributed by atoms with Crippen LogP contribution < -0.4 is 10.2 Å². The van der Waals surface area contributed by atoms with Crippen LogP contribution >= 0.6 is 11.3 Å². The van der Waals surface area contributed by atoms with Gasteiger partial charge in [-0.3, -0.25) is 10.2 Å². The summed E-state index contributed by atoms with van der Waals surface area (Å²) in [7, 11) is 0. The first-order valence-electron chi connectivity index (χ1n) is 9.38. The molecule has 27 heavy (non-hydrogen) atoms. The lowest BCUT2D eigenvalue weighted by Crippen LogP contribution is -2.09. The number of carbonyl (C=O) groups is 1. The Bertz CT molecular complexity index is 817. The highest BCUT2D eigenvalue weighted by Gasteiger charge is 2.17. The molecule has 7 heteroatoms. The predicted octanol–water partition coefficient (Wildman–Crippen LogP) is 3.97. The smallest absolute Gasteiger partial charge is 0.311 e. The highest BCUT2D eigenvalue weighted by Crippen LogP contribution is 2.31. The summed E-state index contributed by atoms with van der Waals surface area (Å²) >= 11 is 1.42. The molecule has 0 amide bonds. The molecule has 0 saturated heterocycles. The minimum atomic E-state index is -0.265. The molecule has 2 aromatic rings. The summed E-state index contributed by atoms with van der Waals surface area (Å²) < 4.78 is 10.7. The van der Waals surface area contributed by atoms with Crippen molar-refractivity contribution in [3.63, 3.8) is 0 Å². The molecule has 0 saturated carbocycles. The lowest BCUT2D eigenvalue weighted by atomic mass is 9.88. The van der Waals surface area contributed by atoms with E-state index in [-0.39, 0.29) is 12.4 Å². The molecule has 6 nitrogen and oxygen atoms in total. The van der Waals surface area contributed by atoms with E-state index in [1.54, 1.807) is 6.92 Å². The molecule has 1 aliphatic carbocycles. The van der Waals surface area contributed by atoms with E-state index in [1.807, 2.05) is 24.6 Å². The fraction of sp³-hybridized carbons (Fsp3) is 0.450. The Labute approximate surface area is 163 Å². The number of fused-ring (bicyclic) bond motifs is 1. The van der Waals surface area contributed by atoms with E-state index in [2.05, 4.69) is 21.6 Å². The number of benzene rings is 1. The summed E-state index contributed by atoms with van der Waals surface area (Å²) in [4.78, 5) is 15.9. The Morgan fingerprint density at radius 2 is 2.07 bits per heavy atom. The van der Waals surface area contributed by atoms with Gasteiger partial charge in [-0.1, -0.05) is 0 Å². The van der Waals surface area contributed by atoms with Crippen molar-refractivity contribution in [2.45, 2.75) is 46.0 Å². The molecular weight excluding hydrogens is 362 g/mol. The van der Waals surface area contributed by atoms with E-state index < -0.39 is 0 Å². The van der Waals surface area contributed by atoms with Gasteiger partial charge in [0.25, 0.3) is 0 Å². The number of aromatic nitrogens is 1. The molecule has 0 bridgehead atoms. The summed E-state index contributed by atoms with van der Waals surface area (Å²) in [6, 6.07) is 4.10. The van der Waals surface area contributed by atoms with Crippen LogP contribution in [0.25, 0.3) is 0 Å². The van der Waals surface area contributed by atoms with Gasteiger partial charge in [-0.25, -0.2) is 4.98 Å². The molecule has 0 spiro atoms. The SMILES string of the molecule is CCOC(=O)Cc1csc(NN=Cc2ccc(OCC)c3c2CCCC3)n1. The second-order valence-electron chi connectivity index (χ2n) is 6.25. The summed E-state index contributed by atoms with van der Waals surface area (Å²) in [5.41, 5.74) is 7.41. The van der Waals surface area contributed by atoms with E-state index in [0.717, 1.165) is 24.2 Å². The minimum absolute atomic E-state index is 0.183. The second kappa shape index (κ2) is 9.50. The van der Waals surface area contributed by atoms with Crippen LogP contribution in [-0.2, 0) is 28.8 Å². The molecule has 1 aliphatic rings. The third kappa shape index (κ3) is 5.07. The number of carbonyl (C=O) groups excluding carboxylic acids is 1. The van der Waals surface area contributed by atoms with Gasteiger partial charge in [-0.05, 0) is 68.4 Å². The van der Waals surface area contributed by atoms with Gasteiger partial charge >= 0.3 is 5.97 Å². The topological polar surface area (TPSA) is 72.8 Å². The third-order valence-electron chi connectivity index (χ3n) is 4.37. The fourth-order valence-electron chi connectivity index (χ4n) is 3.23. The van der Waals surface area contributed by atoms with Gasteiger partial charge in [0.15, 0.2) is 0 Å². The highest BCUT2D eigenvalue weighted by molar-refractivity contribution is 7.13. The first-order chi connectivity index (χ1) is 13.2. The van der Waals surface area contributed by atoms with E-state index in [4.69, 9.17) is 9.47 Å². The molecule has 0 unspecified atom stereocenters. The molecule has 1 N–H and O–H groups in total. The van der Waals surface area contributed by atoms with Crippen molar-refractivity contribution in [3.8, 4) is 5.75 Å². The average Bonchev–Trinajstić information content (AvgIpc) is 3.11. The van der Waals surface area contributed by atoms with Crippen molar-refractivity contribution in [2.24, 2.45) is 5.10 Å². The largest absolute Gasteiger partial charge is 0.494 e. The monoisotopic (exact) mass is 387 g/mol. The van der Waals surface area contributed by atoms with Crippen LogP contribution in [0.1, 0.15) is 49.1 Å². The van der Waals surface area contributed by atoms with Gasteiger partial charge in [0.2, 0.25) is 5.13 Å². The van der Waals surface area contributed by atoms with Crippen LogP contribution in [-0.4, -0.2) is 30.4 Å². The molecule has 3 rings (SSSR count). The lowest BCUT2D eigenvalue weighted by molar-refractivity contribution is -0.142. The number of nitrogens with one attached hydrogen (secondary N) is 1. The van der Waals surface area contributed by atoms with E-state index in [9.17, 15) is 4.79 Å². The van der Waals surface area contributed by atoms with Crippen LogP contribution in [0.5, 0.6) is 5.75 Å². The Morgan fingerprint density at radius 1 is 1.26 bits per heavy atom. The van der Waals surface area contributed by atoms with Crippen molar-refractivity contribution in [3.05, 3.63) is 39.9 Å². The molecule has 1 aromatic heterocycles. The van der Waals surface area contributed by atoms with Crippen LogP contribution in [0.4, 0.5) is 5.13 Å². The maximum atomic E-state index is 11.5. The van der Waals surface area contributed by atoms with Crippen molar-refractivity contribution < 1.29 is 14.3 Å². The normalized spacial score (nSPS) is 13.4. The zero-order chi connectivity index (χ0) is 19.1. The molecule has 144 valence electrons. The number of ether oxygens (including phenoxy) is 2. The van der Waals surface area contributed by atoms with E-state index in [1.165, 1.54) is 35.3 Å². The maximum Gasteiger partial charge on any atom is 0.311 e. The van der Waals surface area contributed by atoms with Crippen molar-refractivity contribution in [2.75, 3.05) is 18.6 Å². The molecule has 1 heterocycles. The van der Waals surface area contributed by atoms with Crippen LogP contribution in [0.2, 0.25) is 0 Å². The molecule has 0 radical (unpaired) electrons. The van der Waals surface area contributed by atoms with E-state index >= 15 is 0 Å². The summed E-state index contributed by atoms with van der Waals surface area (Å²) in [5, 5.41) is 6.84. The third-order valence-corrected chi connectivity index (χ3v) is 5.17. The Kier molecular flexibility index (Phi) is 6.81. The Hall–Kier alpha value is -2.41. The lowest BCUT2D eigenvalue weighted by Gasteiger charge is -2.21. The summed E-state index contributed by atoms with van der Waals surface area (Å²) in [5.74, 6) is 0.736. The average molecular weight is 388 g/mol. The van der Waals surface area contributed by atoms with Gasteiger partial charge in [-0.15, -0.1) is 11.3 Å². The predicted molar refractivity (Wildman–Crippen MR) is 108 cm³/mol. The van der Waals surface area contributed by atoms with Crippen molar-refractivity contribution >= 4 is 28.7 Å². The Balaban J connectivity index is 1.66. The van der Waals surface area contributed by atoms with E-state index in [0.29, 0.717) is 24.0 Å². The number of esters is 1. The Morgan fingerprint density at radius 3 is 2.85 bits per heavy atom. The maximum absolute atomic E-state index is 11.5. The first kappa shape index (κ1) is 19.4. The number of rotatable bonds is 8. The highest BCUT2D eigenvalue weighted by atomic mass is 32.1. The standard InChI is InChI=1S/C20H25N3O3S/c1-3-25-18-10-9-14(16-7-5-6-8-17(16)18)12-21-23-20-22-15(13-27-20)11-19(24)26-4-2/h9-10,12-13H,3-8,11H2,1-2H3,(H,22,23). The quantitative estimate of drug-likeness (QED) is 0.421. The number of anilines is 1. The second-order valence-corrected chi connectivity index (χ2v) is 7.10. The van der Waals surface area contributed by atoms with Crippen LogP contribution in [0, 0.1) is 0 Å². The number of nitrogens with zero attached hydrogens (tertiary/aromatic N) is 2. The van der Waals surface area contributed by atoms with Gasteiger partial charge < -0.3 is 9.47 Å². The fourth-order valence-corrected chi connectivity index (χ4v) is 3.89. The zero-order valence-electron chi connectivity index (χ0n) is 15.8. The molecule has 1 aromatic carbocycles. The van der Waals surface area contributed by atoms with Gasteiger partial charge in [-0.2, -0.15) is 5.10 Å².